The Balaban J connectivity index is 2.13. The van der Waals surface area contributed by atoms with Gasteiger partial charge in [0.2, 0.25) is 0 Å². The van der Waals surface area contributed by atoms with Gasteiger partial charge in [0, 0.05) is 11.9 Å². The van der Waals surface area contributed by atoms with Crippen LogP contribution in [-0.4, -0.2) is 10.9 Å². The van der Waals surface area contributed by atoms with E-state index in [9.17, 15) is 9.18 Å². The maximum Gasteiger partial charge on any atom is 0.253 e. The number of nitrogens with zero attached hydrogens (tertiary/aromatic N) is 1. The molecular formula is C14H14FN3O. The molecule has 0 bridgehead atoms. The monoisotopic (exact) mass is 259 g/mol. The third kappa shape index (κ3) is 3.07. The van der Waals surface area contributed by atoms with Gasteiger partial charge in [0.15, 0.2) is 0 Å². The first kappa shape index (κ1) is 13.0. The summed E-state index contributed by atoms with van der Waals surface area (Å²) in [5.74, 6) is -0.817. The number of benzene rings is 1. The van der Waals surface area contributed by atoms with E-state index in [4.69, 9.17) is 5.73 Å². The maximum atomic E-state index is 12.9. The zero-order valence-electron chi connectivity index (χ0n) is 10.4. The minimum Gasteiger partial charge on any atom is -0.398 e. The summed E-state index contributed by atoms with van der Waals surface area (Å²) in [6.45, 7) is 1.82. The zero-order chi connectivity index (χ0) is 13.8. The number of nitrogens with one attached hydrogen (secondary N) is 1. The minimum absolute atomic E-state index is 0.116. The first-order chi connectivity index (χ1) is 9.08. The highest BCUT2D eigenvalue weighted by Crippen LogP contribution is 2.15. The molecule has 2 aromatic rings. The molecule has 1 atom stereocenters. The van der Waals surface area contributed by atoms with Gasteiger partial charge in [-0.1, -0.05) is 6.07 Å². The van der Waals surface area contributed by atoms with Gasteiger partial charge in [-0.15, -0.1) is 0 Å². The largest absolute Gasteiger partial charge is 0.398 e. The predicted octanol–water partition coefficient (Wildman–Crippen LogP) is 2.29. The number of carbonyl (C=O) groups excluding carboxylic acids is 1. The maximum absolute atomic E-state index is 12.9. The number of aromatic nitrogens is 1. The number of nitrogens with two attached hydrogens (primary N) is 1. The van der Waals surface area contributed by atoms with Gasteiger partial charge in [-0.2, -0.15) is 0 Å². The standard InChI is InChI=1S/C14H14FN3O/c1-9(13-4-2-3-7-17-13)18-14(19)11-6-5-10(15)8-12(11)16/h2-9H,16H2,1H3,(H,18,19). The molecule has 1 amide bonds. The average molecular weight is 259 g/mol. The van der Waals surface area contributed by atoms with E-state index in [1.165, 1.54) is 12.1 Å². The fourth-order valence-corrected chi connectivity index (χ4v) is 1.72. The van der Waals surface area contributed by atoms with Crippen LogP contribution in [-0.2, 0) is 0 Å². The zero-order valence-corrected chi connectivity index (χ0v) is 10.4. The van der Waals surface area contributed by atoms with E-state index in [1.807, 2.05) is 19.1 Å². The van der Waals surface area contributed by atoms with Crippen LogP contribution in [0.5, 0.6) is 0 Å². The average Bonchev–Trinajstić information content (AvgIpc) is 2.39. The van der Waals surface area contributed by atoms with Crippen LogP contribution in [0, 0.1) is 5.82 Å². The lowest BCUT2D eigenvalue weighted by molar-refractivity contribution is 0.0940. The Bertz CT molecular complexity index is 586. The van der Waals surface area contributed by atoms with E-state index in [2.05, 4.69) is 10.3 Å². The van der Waals surface area contributed by atoms with Crippen molar-refractivity contribution < 1.29 is 9.18 Å². The highest BCUT2D eigenvalue weighted by Gasteiger charge is 2.14. The molecule has 1 aromatic carbocycles. The van der Waals surface area contributed by atoms with Crippen molar-refractivity contribution in [3.63, 3.8) is 0 Å². The molecule has 1 aromatic heterocycles. The number of pyridine rings is 1. The van der Waals surface area contributed by atoms with Crippen molar-refractivity contribution in [2.24, 2.45) is 0 Å². The molecule has 19 heavy (non-hydrogen) atoms. The van der Waals surface area contributed by atoms with Gasteiger partial charge < -0.3 is 11.1 Å². The third-order valence-electron chi connectivity index (χ3n) is 2.74. The van der Waals surface area contributed by atoms with Crippen LogP contribution in [0.25, 0.3) is 0 Å². The summed E-state index contributed by atoms with van der Waals surface area (Å²) in [6, 6.07) is 8.91. The van der Waals surface area contributed by atoms with E-state index in [0.717, 1.165) is 11.8 Å². The van der Waals surface area contributed by atoms with E-state index in [0.29, 0.717) is 0 Å². The second-order valence-corrected chi connectivity index (χ2v) is 4.18. The topological polar surface area (TPSA) is 68.0 Å². The molecule has 0 spiro atoms. The Morgan fingerprint density at radius 1 is 1.37 bits per heavy atom. The summed E-state index contributed by atoms with van der Waals surface area (Å²) in [6.07, 6.45) is 1.66. The van der Waals surface area contributed by atoms with Crippen LogP contribution in [0.4, 0.5) is 10.1 Å². The van der Waals surface area contributed by atoms with E-state index >= 15 is 0 Å². The lowest BCUT2D eigenvalue weighted by Crippen LogP contribution is -2.27. The van der Waals surface area contributed by atoms with Crippen molar-refractivity contribution in [3.05, 3.63) is 59.7 Å². The molecule has 0 aliphatic carbocycles. The van der Waals surface area contributed by atoms with Crippen molar-refractivity contribution in [2.45, 2.75) is 13.0 Å². The summed E-state index contributed by atoms with van der Waals surface area (Å²) in [4.78, 5) is 16.2. The van der Waals surface area contributed by atoms with Crippen molar-refractivity contribution in [2.75, 3.05) is 5.73 Å². The van der Waals surface area contributed by atoms with Gasteiger partial charge in [-0.05, 0) is 37.3 Å². The number of nitrogen functional groups attached to an aromatic ring is 1. The summed E-state index contributed by atoms with van der Waals surface area (Å²) >= 11 is 0. The molecule has 5 heteroatoms. The summed E-state index contributed by atoms with van der Waals surface area (Å²) in [5.41, 5.74) is 6.74. The Hall–Kier alpha value is -2.43. The number of anilines is 1. The van der Waals surface area contributed by atoms with Gasteiger partial charge in [-0.3, -0.25) is 9.78 Å². The van der Waals surface area contributed by atoms with E-state index < -0.39 is 5.82 Å². The van der Waals surface area contributed by atoms with Crippen LogP contribution in [0.1, 0.15) is 29.0 Å². The molecule has 1 unspecified atom stereocenters. The van der Waals surface area contributed by atoms with E-state index in [1.54, 1.807) is 12.3 Å². The number of rotatable bonds is 3. The van der Waals surface area contributed by atoms with Crippen molar-refractivity contribution >= 4 is 11.6 Å². The van der Waals surface area contributed by atoms with Crippen molar-refractivity contribution in [1.29, 1.82) is 0 Å². The number of hydrogen-bond acceptors (Lipinski definition) is 3. The van der Waals surface area contributed by atoms with Gasteiger partial charge in [-0.25, -0.2) is 4.39 Å². The molecule has 0 fully saturated rings. The smallest absolute Gasteiger partial charge is 0.253 e. The van der Waals surface area contributed by atoms with Gasteiger partial charge in [0.1, 0.15) is 5.82 Å². The highest BCUT2D eigenvalue weighted by molar-refractivity contribution is 5.99. The number of carbonyl (C=O) groups is 1. The first-order valence-corrected chi connectivity index (χ1v) is 5.84. The van der Waals surface area contributed by atoms with Gasteiger partial charge in [0.05, 0.1) is 17.3 Å². The Morgan fingerprint density at radius 2 is 2.16 bits per heavy atom. The van der Waals surface area contributed by atoms with Crippen LogP contribution < -0.4 is 11.1 Å². The van der Waals surface area contributed by atoms with Crippen LogP contribution >= 0.6 is 0 Å². The second-order valence-electron chi connectivity index (χ2n) is 4.18. The molecule has 0 saturated carbocycles. The quantitative estimate of drug-likeness (QED) is 0.831. The van der Waals surface area contributed by atoms with Gasteiger partial charge in [0.25, 0.3) is 5.91 Å². The fraction of sp³-hybridized carbons (Fsp3) is 0.143. The summed E-state index contributed by atoms with van der Waals surface area (Å²) in [5, 5.41) is 2.77. The van der Waals surface area contributed by atoms with E-state index in [-0.39, 0.29) is 23.2 Å². The number of amides is 1. The fourth-order valence-electron chi connectivity index (χ4n) is 1.72. The Kier molecular flexibility index (Phi) is 3.75. The summed E-state index contributed by atoms with van der Waals surface area (Å²) < 4.78 is 12.9. The molecular weight excluding hydrogens is 245 g/mol. The number of halogens is 1. The molecule has 0 saturated heterocycles. The third-order valence-corrected chi connectivity index (χ3v) is 2.74. The molecule has 0 aliphatic heterocycles. The lowest BCUT2D eigenvalue weighted by atomic mass is 10.1. The molecule has 3 N–H and O–H groups in total. The van der Waals surface area contributed by atoms with Crippen molar-refractivity contribution in [3.8, 4) is 0 Å². The SMILES string of the molecule is CC(NC(=O)c1ccc(F)cc1N)c1ccccn1. The second kappa shape index (κ2) is 5.48. The Labute approximate surface area is 110 Å². The Morgan fingerprint density at radius 3 is 2.79 bits per heavy atom. The predicted molar refractivity (Wildman–Crippen MR) is 70.9 cm³/mol. The number of hydrogen-bond donors (Lipinski definition) is 2. The molecule has 1 heterocycles. The first-order valence-electron chi connectivity index (χ1n) is 5.84. The van der Waals surface area contributed by atoms with Crippen LogP contribution in [0.3, 0.4) is 0 Å². The lowest BCUT2D eigenvalue weighted by Gasteiger charge is -2.14. The minimum atomic E-state index is -0.466. The van der Waals surface area contributed by atoms with Crippen molar-refractivity contribution in [1.82, 2.24) is 10.3 Å². The van der Waals surface area contributed by atoms with Crippen LogP contribution in [0.15, 0.2) is 42.6 Å². The summed E-state index contributed by atoms with van der Waals surface area (Å²) in [7, 11) is 0. The van der Waals surface area contributed by atoms with Crippen LogP contribution in [0.2, 0.25) is 0 Å². The molecule has 2 rings (SSSR count). The molecule has 4 nitrogen and oxygen atoms in total. The normalized spacial score (nSPS) is 11.9. The van der Waals surface area contributed by atoms with Gasteiger partial charge >= 0.3 is 0 Å². The molecule has 0 aliphatic rings. The molecule has 0 radical (unpaired) electrons. The highest BCUT2D eigenvalue weighted by atomic mass is 19.1. The molecule has 98 valence electrons.